The molecule has 5 nitrogen and oxygen atoms in total. The molecule has 0 N–H and O–H groups in total. The zero-order valence-corrected chi connectivity index (χ0v) is 17.3. The SMILES string of the molecule is CCN1CCN(c2cc(C)nc(N3CCC(Cc4ccccc4)CC3)n2)CC1. The molecule has 2 aliphatic rings. The molecule has 0 unspecified atom stereocenters. The minimum absolute atomic E-state index is 0.769. The van der Waals surface area contributed by atoms with Crippen molar-refractivity contribution in [3.05, 3.63) is 47.7 Å². The highest BCUT2D eigenvalue weighted by Crippen LogP contribution is 2.26. The molecule has 1 aromatic heterocycles. The highest BCUT2D eigenvalue weighted by Gasteiger charge is 2.23. The van der Waals surface area contributed by atoms with Crippen molar-refractivity contribution in [3.63, 3.8) is 0 Å². The molecule has 0 atom stereocenters. The summed E-state index contributed by atoms with van der Waals surface area (Å²) in [5.74, 6) is 2.79. The molecule has 150 valence electrons. The molecule has 4 rings (SSSR count). The maximum absolute atomic E-state index is 4.96. The van der Waals surface area contributed by atoms with Gasteiger partial charge in [-0.2, -0.15) is 4.98 Å². The second-order valence-electron chi connectivity index (χ2n) is 8.21. The van der Waals surface area contributed by atoms with Gasteiger partial charge in [0.15, 0.2) is 0 Å². The third kappa shape index (κ3) is 4.64. The smallest absolute Gasteiger partial charge is 0.227 e. The Hall–Kier alpha value is -2.14. The lowest BCUT2D eigenvalue weighted by Gasteiger charge is -2.36. The molecule has 2 fully saturated rings. The molecule has 0 spiro atoms. The number of hydrogen-bond donors (Lipinski definition) is 0. The first kappa shape index (κ1) is 19.2. The second kappa shape index (κ2) is 8.91. The predicted octanol–water partition coefficient (Wildman–Crippen LogP) is 3.39. The first-order valence-electron chi connectivity index (χ1n) is 10.8. The number of anilines is 2. The molecular formula is C23H33N5. The van der Waals surface area contributed by atoms with Crippen LogP contribution in [-0.4, -0.2) is 60.7 Å². The molecule has 2 aliphatic heterocycles. The Morgan fingerprint density at radius 2 is 1.61 bits per heavy atom. The minimum atomic E-state index is 0.769. The lowest BCUT2D eigenvalue weighted by atomic mass is 9.90. The second-order valence-corrected chi connectivity index (χ2v) is 8.21. The summed E-state index contributed by atoms with van der Waals surface area (Å²) in [5.41, 5.74) is 2.53. The molecule has 0 bridgehead atoms. The van der Waals surface area contributed by atoms with Gasteiger partial charge in [-0.1, -0.05) is 37.3 Å². The Balaban J connectivity index is 1.38. The van der Waals surface area contributed by atoms with Crippen LogP contribution in [-0.2, 0) is 6.42 Å². The summed E-state index contributed by atoms with van der Waals surface area (Å²) in [5, 5.41) is 0. The average Bonchev–Trinajstić information content (AvgIpc) is 2.75. The van der Waals surface area contributed by atoms with Gasteiger partial charge in [-0.15, -0.1) is 0 Å². The lowest BCUT2D eigenvalue weighted by Crippen LogP contribution is -2.46. The molecule has 2 aromatic rings. The summed E-state index contributed by atoms with van der Waals surface area (Å²) in [4.78, 5) is 17.0. The van der Waals surface area contributed by atoms with Crippen LogP contribution in [0.25, 0.3) is 0 Å². The van der Waals surface area contributed by atoms with Crippen molar-refractivity contribution in [2.45, 2.75) is 33.1 Å². The Morgan fingerprint density at radius 1 is 0.893 bits per heavy atom. The predicted molar refractivity (Wildman–Crippen MR) is 116 cm³/mol. The van der Waals surface area contributed by atoms with Gasteiger partial charge >= 0.3 is 0 Å². The van der Waals surface area contributed by atoms with E-state index in [0.717, 1.165) is 69.2 Å². The normalized spacial score (nSPS) is 19.2. The molecule has 1 aromatic carbocycles. The van der Waals surface area contributed by atoms with Crippen LogP contribution >= 0.6 is 0 Å². The van der Waals surface area contributed by atoms with Crippen molar-refractivity contribution in [3.8, 4) is 0 Å². The Labute approximate surface area is 169 Å². The summed E-state index contributed by atoms with van der Waals surface area (Å²) in [6, 6.07) is 13.0. The van der Waals surface area contributed by atoms with Crippen LogP contribution in [0.15, 0.2) is 36.4 Å². The van der Waals surface area contributed by atoms with Gasteiger partial charge in [0.2, 0.25) is 5.95 Å². The van der Waals surface area contributed by atoms with Crippen molar-refractivity contribution >= 4 is 11.8 Å². The van der Waals surface area contributed by atoms with Gasteiger partial charge < -0.3 is 14.7 Å². The fourth-order valence-electron chi connectivity index (χ4n) is 4.42. The fourth-order valence-corrected chi connectivity index (χ4v) is 4.42. The summed E-state index contributed by atoms with van der Waals surface area (Å²) in [6.45, 7) is 12.0. The number of aromatic nitrogens is 2. The first-order chi connectivity index (χ1) is 13.7. The third-order valence-corrected chi connectivity index (χ3v) is 6.24. The molecular weight excluding hydrogens is 346 g/mol. The number of piperazine rings is 1. The van der Waals surface area contributed by atoms with E-state index in [0.29, 0.717) is 0 Å². The van der Waals surface area contributed by atoms with Gasteiger partial charge in [0.05, 0.1) is 0 Å². The van der Waals surface area contributed by atoms with Crippen molar-refractivity contribution < 1.29 is 0 Å². The van der Waals surface area contributed by atoms with Crippen molar-refractivity contribution in [1.82, 2.24) is 14.9 Å². The maximum Gasteiger partial charge on any atom is 0.227 e. The Bertz CT molecular complexity index is 747. The van der Waals surface area contributed by atoms with Gasteiger partial charge in [-0.3, -0.25) is 0 Å². The van der Waals surface area contributed by atoms with E-state index in [2.05, 4.69) is 64.9 Å². The molecule has 5 heteroatoms. The van der Waals surface area contributed by atoms with E-state index in [1.165, 1.54) is 24.8 Å². The van der Waals surface area contributed by atoms with E-state index in [4.69, 9.17) is 9.97 Å². The maximum atomic E-state index is 4.96. The van der Waals surface area contributed by atoms with Crippen molar-refractivity contribution in [2.75, 3.05) is 55.6 Å². The molecule has 0 amide bonds. The van der Waals surface area contributed by atoms with Gasteiger partial charge in [-0.05, 0) is 44.2 Å². The van der Waals surface area contributed by atoms with Crippen LogP contribution in [0.2, 0.25) is 0 Å². The van der Waals surface area contributed by atoms with Crippen LogP contribution < -0.4 is 9.80 Å². The lowest BCUT2D eigenvalue weighted by molar-refractivity contribution is 0.270. The topological polar surface area (TPSA) is 35.5 Å². The molecule has 28 heavy (non-hydrogen) atoms. The van der Waals surface area contributed by atoms with Crippen LogP contribution in [0, 0.1) is 12.8 Å². The Kier molecular flexibility index (Phi) is 6.10. The van der Waals surface area contributed by atoms with E-state index in [-0.39, 0.29) is 0 Å². The van der Waals surface area contributed by atoms with Crippen LogP contribution in [0.5, 0.6) is 0 Å². The third-order valence-electron chi connectivity index (χ3n) is 6.24. The van der Waals surface area contributed by atoms with E-state index in [1.54, 1.807) is 0 Å². The van der Waals surface area contributed by atoms with Crippen LogP contribution in [0.4, 0.5) is 11.8 Å². The summed E-state index contributed by atoms with van der Waals surface area (Å²) >= 11 is 0. The van der Waals surface area contributed by atoms with Gasteiger partial charge in [-0.25, -0.2) is 4.98 Å². The minimum Gasteiger partial charge on any atom is -0.354 e. The van der Waals surface area contributed by atoms with Crippen LogP contribution in [0.3, 0.4) is 0 Å². The molecule has 0 aliphatic carbocycles. The van der Waals surface area contributed by atoms with E-state index in [9.17, 15) is 0 Å². The number of aryl methyl sites for hydroxylation is 1. The van der Waals surface area contributed by atoms with Gasteiger partial charge in [0.1, 0.15) is 5.82 Å². The average molecular weight is 380 g/mol. The standard InChI is InChI=1S/C23H33N5/c1-3-26-13-15-27(16-14-26)22-17-19(2)24-23(25-22)28-11-9-21(10-12-28)18-20-7-5-4-6-8-20/h4-8,17,21H,3,9-16,18H2,1-2H3. The van der Waals surface area contributed by atoms with Gasteiger partial charge in [0.25, 0.3) is 0 Å². The largest absolute Gasteiger partial charge is 0.354 e. The summed E-state index contributed by atoms with van der Waals surface area (Å²) in [7, 11) is 0. The quantitative estimate of drug-likeness (QED) is 0.796. The highest BCUT2D eigenvalue weighted by molar-refractivity contribution is 5.46. The highest BCUT2D eigenvalue weighted by atomic mass is 15.3. The number of nitrogens with zero attached hydrogens (tertiary/aromatic N) is 5. The molecule has 0 saturated carbocycles. The first-order valence-corrected chi connectivity index (χ1v) is 10.8. The number of likely N-dealkylation sites (N-methyl/N-ethyl adjacent to an activating group) is 1. The molecule has 0 radical (unpaired) electrons. The van der Waals surface area contributed by atoms with E-state index < -0.39 is 0 Å². The zero-order chi connectivity index (χ0) is 19.3. The van der Waals surface area contributed by atoms with Gasteiger partial charge in [0, 0.05) is 51.0 Å². The summed E-state index contributed by atoms with van der Waals surface area (Å²) < 4.78 is 0. The molecule has 3 heterocycles. The number of piperidine rings is 1. The van der Waals surface area contributed by atoms with E-state index >= 15 is 0 Å². The zero-order valence-electron chi connectivity index (χ0n) is 17.3. The number of benzene rings is 1. The summed E-state index contributed by atoms with van der Waals surface area (Å²) in [6.07, 6.45) is 3.63. The van der Waals surface area contributed by atoms with Crippen molar-refractivity contribution in [1.29, 1.82) is 0 Å². The Morgan fingerprint density at radius 3 is 2.29 bits per heavy atom. The van der Waals surface area contributed by atoms with Crippen molar-refractivity contribution in [2.24, 2.45) is 5.92 Å². The monoisotopic (exact) mass is 379 g/mol. The number of hydrogen-bond acceptors (Lipinski definition) is 5. The fraction of sp³-hybridized carbons (Fsp3) is 0.565. The van der Waals surface area contributed by atoms with E-state index in [1.807, 2.05) is 0 Å². The molecule has 2 saturated heterocycles. The number of rotatable bonds is 5. The van der Waals surface area contributed by atoms with Crippen LogP contribution in [0.1, 0.15) is 31.0 Å².